The van der Waals surface area contributed by atoms with Crippen LogP contribution in [0.1, 0.15) is 6.42 Å². The number of nitrogens with one attached hydrogen (secondary N) is 1. The first-order valence-corrected chi connectivity index (χ1v) is 6.68. The number of benzene rings is 1. The molecular formula is C12H16N2O2S. The topological polar surface area (TPSA) is 64.3 Å². The summed E-state index contributed by atoms with van der Waals surface area (Å²) in [5.74, 6) is 2.84. The lowest BCUT2D eigenvalue weighted by Gasteiger charge is -2.12. The van der Waals surface area contributed by atoms with Crippen LogP contribution in [-0.2, 0) is 4.79 Å². The number of hydrogen-bond acceptors (Lipinski definition) is 4. The zero-order valence-corrected chi connectivity index (χ0v) is 10.5. The quantitative estimate of drug-likeness (QED) is 0.807. The van der Waals surface area contributed by atoms with E-state index < -0.39 is 0 Å². The Kier molecular flexibility index (Phi) is 3.78. The fourth-order valence-electron chi connectivity index (χ4n) is 1.76. The van der Waals surface area contributed by atoms with Crippen LogP contribution in [0.25, 0.3) is 0 Å². The number of carbonyl (C=O) groups excluding carboxylic acids is 1. The summed E-state index contributed by atoms with van der Waals surface area (Å²) in [5, 5.41) is 2.87. The van der Waals surface area contributed by atoms with Gasteiger partial charge in [-0.15, -0.1) is 0 Å². The molecule has 5 heteroatoms. The van der Waals surface area contributed by atoms with Gasteiger partial charge in [0.25, 0.3) is 0 Å². The van der Waals surface area contributed by atoms with Gasteiger partial charge in [0, 0.05) is 17.7 Å². The number of hydrogen-bond donors (Lipinski definition) is 2. The number of nitrogen functional groups attached to an aromatic ring is 1. The lowest BCUT2D eigenvalue weighted by Crippen LogP contribution is -2.22. The molecule has 1 aliphatic heterocycles. The molecule has 0 spiro atoms. The van der Waals surface area contributed by atoms with Gasteiger partial charge in [-0.1, -0.05) is 0 Å². The molecule has 1 atom stereocenters. The van der Waals surface area contributed by atoms with Gasteiger partial charge in [-0.3, -0.25) is 4.79 Å². The summed E-state index contributed by atoms with van der Waals surface area (Å²) < 4.78 is 5.06. The third-order valence-corrected chi connectivity index (χ3v) is 3.98. The summed E-state index contributed by atoms with van der Waals surface area (Å²) in [4.78, 5) is 11.9. The highest BCUT2D eigenvalue weighted by molar-refractivity contribution is 7.99. The van der Waals surface area contributed by atoms with E-state index in [1.807, 2.05) is 11.8 Å². The minimum absolute atomic E-state index is 0.0619. The molecule has 1 aromatic rings. The second-order valence-corrected chi connectivity index (χ2v) is 5.15. The molecule has 1 aliphatic rings. The van der Waals surface area contributed by atoms with Crippen LogP contribution >= 0.6 is 11.8 Å². The van der Waals surface area contributed by atoms with Gasteiger partial charge in [-0.25, -0.2) is 0 Å². The summed E-state index contributed by atoms with van der Waals surface area (Å²) in [6, 6.07) is 5.27. The van der Waals surface area contributed by atoms with Gasteiger partial charge in [0.1, 0.15) is 5.75 Å². The number of amides is 1. The predicted molar refractivity (Wildman–Crippen MR) is 71.5 cm³/mol. The molecule has 1 heterocycles. The van der Waals surface area contributed by atoms with Crippen molar-refractivity contribution in [2.75, 3.05) is 29.7 Å². The summed E-state index contributed by atoms with van der Waals surface area (Å²) in [7, 11) is 1.59. The Labute approximate surface area is 105 Å². The Bertz CT molecular complexity index is 417. The number of thioether (sulfide) groups is 1. The van der Waals surface area contributed by atoms with Gasteiger partial charge in [-0.05, 0) is 24.3 Å². The number of methoxy groups -OCH3 is 1. The van der Waals surface area contributed by atoms with Crippen LogP contribution in [0.2, 0.25) is 0 Å². The van der Waals surface area contributed by atoms with Crippen molar-refractivity contribution in [3.05, 3.63) is 18.2 Å². The molecule has 2 rings (SSSR count). The Hall–Kier alpha value is -1.36. The molecule has 1 aromatic carbocycles. The molecule has 1 unspecified atom stereocenters. The van der Waals surface area contributed by atoms with E-state index in [9.17, 15) is 4.79 Å². The highest BCUT2D eigenvalue weighted by atomic mass is 32.2. The van der Waals surface area contributed by atoms with Crippen LogP contribution in [-0.4, -0.2) is 24.5 Å². The molecule has 0 saturated carbocycles. The van der Waals surface area contributed by atoms with E-state index in [-0.39, 0.29) is 11.8 Å². The Morgan fingerprint density at radius 2 is 2.41 bits per heavy atom. The monoisotopic (exact) mass is 252 g/mol. The fraction of sp³-hybridized carbons (Fsp3) is 0.417. The maximum atomic E-state index is 11.9. The van der Waals surface area contributed by atoms with Crippen molar-refractivity contribution in [3.63, 3.8) is 0 Å². The fourth-order valence-corrected chi connectivity index (χ4v) is 2.98. The average molecular weight is 252 g/mol. The molecule has 1 amide bonds. The SMILES string of the molecule is COc1ccc(NC(=O)C2CCSC2)c(N)c1. The first-order valence-electron chi connectivity index (χ1n) is 5.53. The van der Waals surface area contributed by atoms with Crippen LogP contribution in [0.4, 0.5) is 11.4 Å². The molecule has 1 saturated heterocycles. The Morgan fingerprint density at radius 1 is 1.59 bits per heavy atom. The van der Waals surface area contributed by atoms with E-state index in [4.69, 9.17) is 10.5 Å². The predicted octanol–water partition coefficient (Wildman–Crippen LogP) is 1.97. The Balaban J connectivity index is 2.05. The van der Waals surface area contributed by atoms with Crippen LogP contribution in [0.3, 0.4) is 0 Å². The van der Waals surface area contributed by atoms with E-state index in [0.717, 1.165) is 17.9 Å². The van der Waals surface area contributed by atoms with Crippen molar-refractivity contribution in [1.29, 1.82) is 0 Å². The van der Waals surface area contributed by atoms with Gasteiger partial charge >= 0.3 is 0 Å². The molecular weight excluding hydrogens is 236 g/mol. The summed E-state index contributed by atoms with van der Waals surface area (Å²) in [6.07, 6.45) is 0.951. The normalized spacial score (nSPS) is 19.0. The average Bonchev–Trinajstić information content (AvgIpc) is 2.85. The summed E-state index contributed by atoms with van der Waals surface area (Å²) in [5.41, 5.74) is 7.03. The van der Waals surface area contributed by atoms with Crippen molar-refractivity contribution in [3.8, 4) is 5.75 Å². The first kappa shape index (κ1) is 12.1. The minimum Gasteiger partial charge on any atom is -0.497 e. The second-order valence-electron chi connectivity index (χ2n) is 4.00. The third-order valence-electron chi connectivity index (χ3n) is 2.82. The van der Waals surface area contributed by atoms with Crippen LogP contribution < -0.4 is 15.8 Å². The van der Waals surface area contributed by atoms with Gasteiger partial charge in [0.15, 0.2) is 0 Å². The lowest BCUT2D eigenvalue weighted by molar-refractivity contribution is -0.119. The van der Waals surface area contributed by atoms with Crippen molar-refractivity contribution in [2.45, 2.75) is 6.42 Å². The summed E-state index contributed by atoms with van der Waals surface area (Å²) >= 11 is 1.82. The molecule has 4 nitrogen and oxygen atoms in total. The number of nitrogens with two attached hydrogens (primary N) is 1. The van der Waals surface area contributed by atoms with Gasteiger partial charge in [-0.2, -0.15) is 11.8 Å². The molecule has 0 radical (unpaired) electrons. The molecule has 1 fully saturated rings. The van der Waals surface area contributed by atoms with Crippen LogP contribution in [0.15, 0.2) is 18.2 Å². The van der Waals surface area contributed by atoms with E-state index in [2.05, 4.69) is 5.32 Å². The van der Waals surface area contributed by atoms with Crippen LogP contribution in [0, 0.1) is 5.92 Å². The second kappa shape index (κ2) is 5.31. The highest BCUT2D eigenvalue weighted by Gasteiger charge is 2.23. The van der Waals surface area contributed by atoms with Gasteiger partial charge < -0.3 is 15.8 Å². The molecule has 0 aromatic heterocycles. The van der Waals surface area contributed by atoms with E-state index in [1.165, 1.54) is 0 Å². The maximum absolute atomic E-state index is 11.9. The number of ether oxygens (including phenoxy) is 1. The lowest BCUT2D eigenvalue weighted by atomic mass is 10.1. The Morgan fingerprint density at radius 3 is 3.00 bits per heavy atom. The van der Waals surface area contributed by atoms with E-state index in [1.54, 1.807) is 25.3 Å². The molecule has 0 bridgehead atoms. The maximum Gasteiger partial charge on any atom is 0.228 e. The number of carbonyl (C=O) groups is 1. The zero-order valence-electron chi connectivity index (χ0n) is 9.73. The zero-order chi connectivity index (χ0) is 12.3. The molecule has 92 valence electrons. The third kappa shape index (κ3) is 2.85. The van der Waals surface area contributed by atoms with Gasteiger partial charge in [0.05, 0.1) is 18.5 Å². The van der Waals surface area contributed by atoms with E-state index >= 15 is 0 Å². The summed E-state index contributed by atoms with van der Waals surface area (Å²) in [6.45, 7) is 0. The molecule has 17 heavy (non-hydrogen) atoms. The largest absolute Gasteiger partial charge is 0.497 e. The first-order chi connectivity index (χ1) is 8.20. The standard InChI is InChI=1S/C12H16N2O2S/c1-16-9-2-3-11(10(13)6-9)14-12(15)8-4-5-17-7-8/h2-3,6,8H,4-5,7,13H2,1H3,(H,14,15). The van der Waals surface area contributed by atoms with Crippen molar-refractivity contribution >= 4 is 29.0 Å². The molecule has 0 aliphatic carbocycles. The number of rotatable bonds is 3. The highest BCUT2D eigenvalue weighted by Crippen LogP contribution is 2.27. The van der Waals surface area contributed by atoms with Gasteiger partial charge in [0.2, 0.25) is 5.91 Å². The van der Waals surface area contributed by atoms with Crippen molar-refractivity contribution < 1.29 is 9.53 Å². The molecule has 3 N–H and O–H groups in total. The minimum atomic E-state index is 0.0619. The smallest absolute Gasteiger partial charge is 0.228 e. The van der Waals surface area contributed by atoms with Crippen molar-refractivity contribution in [1.82, 2.24) is 0 Å². The van der Waals surface area contributed by atoms with E-state index in [0.29, 0.717) is 17.1 Å². The van der Waals surface area contributed by atoms with Crippen molar-refractivity contribution in [2.24, 2.45) is 5.92 Å². The van der Waals surface area contributed by atoms with Crippen LogP contribution in [0.5, 0.6) is 5.75 Å². The number of anilines is 2.